The lowest BCUT2D eigenvalue weighted by Gasteiger charge is -2.33. The van der Waals surface area contributed by atoms with Crippen LogP contribution in [0.25, 0.3) is 0 Å². The largest absolute Gasteiger partial charge is 0.499 e. The van der Waals surface area contributed by atoms with Gasteiger partial charge in [0.1, 0.15) is 17.6 Å². The third kappa shape index (κ3) is 4.81. The second-order valence-electron chi connectivity index (χ2n) is 6.14. The number of hydrogen-bond donors (Lipinski definition) is 0. The predicted molar refractivity (Wildman–Crippen MR) is 89.2 cm³/mol. The summed E-state index contributed by atoms with van der Waals surface area (Å²) in [6.45, 7) is 1.56. The molecular weight excluding hydrogens is 369 g/mol. The molecule has 1 aliphatic heterocycles. The first-order valence-electron chi connectivity index (χ1n) is 8.36. The SMILES string of the molecule is FC(F)(F)C(F)(F)Oc1ccc(OC2CCN(c3[c]cccc3)CC2)cc1. The van der Waals surface area contributed by atoms with E-state index in [2.05, 4.69) is 15.7 Å². The molecule has 2 aromatic rings. The molecule has 0 amide bonds. The summed E-state index contributed by atoms with van der Waals surface area (Å²) < 4.78 is 71.8. The van der Waals surface area contributed by atoms with Crippen molar-refractivity contribution in [2.45, 2.75) is 31.2 Å². The van der Waals surface area contributed by atoms with E-state index < -0.39 is 18.0 Å². The van der Waals surface area contributed by atoms with Gasteiger partial charge in [-0.25, -0.2) is 0 Å². The van der Waals surface area contributed by atoms with E-state index in [-0.39, 0.29) is 6.10 Å². The maximum Gasteiger partial charge on any atom is 0.499 e. The third-order valence-corrected chi connectivity index (χ3v) is 4.18. The summed E-state index contributed by atoms with van der Waals surface area (Å²) in [7, 11) is 0. The zero-order valence-corrected chi connectivity index (χ0v) is 14.2. The lowest BCUT2D eigenvalue weighted by Crippen LogP contribution is -2.41. The van der Waals surface area contributed by atoms with Gasteiger partial charge < -0.3 is 14.4 Å². The minimum absolute atomic E-state index is 0.0617. The van der Waals surface area contributed by atoms with E-state index in [4.69, 9.17) is 4.74 Å². The molecule has 2 aromatic carbocycles. The summed E-state index contributed by atoms with van der Waals surface area (Å²) in [5.41, 5.74) is 1.02. The van der Waals surface area contributed by atoms with Crippen molar-refractivity contribution in [3.63, 3.8) is 0 Å². The van der Waals surface area contributed by atoms with Crippen molar-refractivity contribution < 1.29 is 31.4 Å². The van der Waals surface area contributed by atoms with E-state index in [1.807, 2.05) is 24.3 Å². The highest BCUT2D eigenvalue weighted by Crippen LogP contribution is 2.37. The van der Waals surface area contributed by atoms with Gasteiger partial charge in [-0.3, -0.25) is 0 Å². The minimum Gasteiger partial charge on any atom is -0.490 e. The van der Waals surface area contributed by atoms with Crippen LogP contribution in [0.1, 0.15) is 12.8 Å². The van der Waals surface area contributed by atoms with E-state index in [1.54, 1.807) is 0 Å². The molecule has 0 aliphatic carbocycles. The number of anilines is 1. The Morgan fingerprint density at radius 1 is 0.889 bits per heavy atom. The zero-order chi connectivity index (χ0) is 19.5. The molecule has 1 fully saturated rings. The van der Waals surface area contributed by atoms with Crippen LogP contribution in [-0.4, -0.2) is 31.5 Å². The Kier molecular flexibility index (Phi) is 5.43. The molecule has 3 rings (SSSR count). The topological polar surface area (TPSA) is 21.7 Å². The molecule has 1 radical (unpaired) electrons. The molecule has 0 N–H and O–H groups in total. The fraction of sp³-hybridized carbons (Fsp3) is 0.368. The van der Waals surface area contributed by atoms with Gasteiger partial charge in [-0.2, -0.15) is 22.0 Å². The first kappa shape index (κ1) is 19.3. The Labute approximate surface area is 153 Å². The summed E-state index contributed by atoms with van der Waals surface area (Å²) in [4.78, 5) is 2.19. The standard InChI is InChI=1S/C19H17F5NO2/c20-18(21,22)19(23,24)27-17-8-6-15(7-9-17)26-16-10-12-25(13-11-16)14-4-2-1-3-5-14/h1-4,6-9,16H,10-13H2. The molecule has 1 saturated heterocycles. The number of ether oxygens (including phenoxy) is 2. The number of alkyl halides is 5. The van der Waals surface area contributed by atoms with Gasteiger partial charge in [0.25, 0.3) is 0 Å². The van der Waals surface area contributed by atoms with Crippen LogP contribution in [0.5, 0.6) is 11.5 Å². The summed E-state index contributed by atoms with van der Waals surface area (Å²) in [5, 5.41) is 0. The summed E-state index contributed by atoms with van der Waals surface area (Å²) in [5.74, 6) is -0.193. The van der Waals surface area contributed by atoms with Crippen molar-refractivity contribution in [3.05, 3.63) is 54.6 Å². The number of rotatable bonds is 5. The van der Waals surface area contributed by atoms with E-state index in [0.717, 1.165) is 43.8 Å². The Morgan fingerprint density at radius 2 is 1.52 bits per heavy atom. The van der Waals surface area contributed by atoms with Crippen molar-refractivity contribution in [2.75, 3.05) is 18.0 Å². The molecule has 8 heteroatoms. The van der Waals surface area contributed by atoms with Crippen LogP contribution in [0.4, 0.5) is 27.6 Å². The smallest absolute Gasteiger partial charge is 0.490 e. The van der Waals surface area contributed by atoms with Crippen molar-refractivity contribution in [3.8, 4) is 11.5 Å². The maximum absolute atomic E-state index is 12.9. The predicted octanol–water partition coefficient (Wildman–Crippen LogP) is 5.07. The number of benzene rings is 2. The van der Waals surface area contributed by atoms with Crippen molar-refractivity contribution in [1.29, 1.82) is 0 Å². The van der Waals surface area contributed by atoms with Crippen LogP contribution < -0.4 is 14.4 Å². The Bertz CT molecular complexity index is 726. The molecule has 0 bridgehead atoms. The fourth-order valence-electron chi connectivity index (χ4n) is 2.78. The molecular formula is C19H17F5NO2. The van der Waals surface area contributed by atoms with E-state index in [9.17, 15) is 22.0 Å². The van der Waals surface area contributed by atoms with Crippen LogP contribution in [0, 0.1) is 6.07 Å². The lowest BCUT2D eigenvalue weighted by molar-refractivity contribution is -0.360. The van der Waals surface area contributed by atoms with Gasteiger partial charge in [0.05, 0.1) is 0 Å². The molecule has 0 unspecified atom stereocenters. The first-order chi connectivity index (χ1) is 12.7. The molecule has 1 heterocycles. The highest BCUT2D eigenvalue weighted by molar-refractivity contribution is 5.45. The lowest BCUT2D eigenvalue weighted by atomic mass is 10.1. The van der Waals surface area contributed by atoms with Crippen LogP contribution in [-0.2, 0) is 0 Å². The van der Waals surface area contributed by atoms with Crippen LogP contribution in [0.15, 0.2) is 48.5 Å². The highest BCUT2D eigenvalue weighted by atomic mass is 19.4. The number of para-hydroxylation sites is 1. The molecule has 0 spiro atoms. The average Bonchev–Trinajstić information content (AvgIpc) is 2.64. The Morgan fingerprint density at radius 3 is 2.07 bits per heavy atom. The second kappa shape index (κ2) is 7.62. The quantitative estimate of drug-likeness (QED) is 0.670. The Hall–Kier alpha value is -2.51. The van der Waals surface area contributed by atoms with Crippen LogP contribution in [0.3, 0.4) is 0 Å². The van der Waals surface area contributed by atoms with Crippen LogP contribution in [0.2, 0.25) is 0 Å². The molecule has 0 atom stereocenters. The maximum atomic E-state index is 12.9. The third-order valence-electron chi connectivity index (χ3n) is 4.18. The Balaban J connectivity index is 1.52. The summed E-state index contributed by atoms with van der Waals surface area (Å²) in [6.07, 6.45) is -9.56. The highest BCUT2D eigenvalue weighted by Gasteiger charge is 2.61. The second-order valence-corrected chi connectivity index (χ2v) is 6.14. The van der Waals surface area contributed by atoms with Crippen molar-refractivity contribution in [2.24, 2.45) is 0 Å². The van der Waals surface area contributed by atoms with Gasteiger partial charge in [0.15, 0.2) is 0 Å². The number of halogens is 5. The number of nitrogens with zero attached hydrogens (tertiary/aromatic N) is 1. The van der Waals surface area contributed by atoms with E-state index in [0.29, 0.717) is 5.75 Å². The zero-order valence-electron chi connectivity index (χ0n) is 14.2. The van der Waals surface area contributed by atoms with Crippen molar-refractivity contribution in [1.82, 2.24) is 0 Å². The van der Waals surface area contributed by atoms with Gasteiger partial charge >= 0.3 is 12.3 Å². The van der Waals surface area contributed by atoms with Gasteiger partial charge in [-0.1, -0.05) is 18.2 Å². The molecule has 0 saturated carbocycles. The minimum atomic E-state index is -5.77. The van der Waals surface area contributed by atoms with Gasteiger partial charge in [0, 0.05) is 37.7 Å². The molecule has 3 nitrogen and oxygen atoms in total. The molecule has 27 heavy (non-hydrogen) atoms. The monoisotopic (exact) mass is 386 g/mol. The fourth-order valence-corrected chi connectivity index (χ4v) is 2.78. The first-order valence-corrected chi connectivity index (χ1v) is 8.36. The van der Waals surface area contributed by atoms with Gasteiger partial charge in [-0.05, 0) is 30.3 Å². The van der Waals surface area contributed by atoms with Gasteiger partial charge in [0.2, 0.25) is 0 Å². The summed E-state index contributed by atoms with van der Waals surface area (Å²) in [6, 6.07) is 15.5. The molecule has 0 aromatic heterocycles. The molecule has 1 aliphatic rings. The van der Waals surface area contributed by atoms with E-state index in [1.165, 1.54) is 12.1 Å². The van der Waals surface area contributed by atoms with Crippen LogP contribution >= 0.6 is 0 Å². The normalized spacial score (nSPS) is 16.3. The average molecular weight is 386 g/mol. The summed E-state index contributed by atoms with van der Waals surface area (Å²) >= 11 is 0. The number of hydrogen-bond acceptors (Lipinski definition) is 3. The van der Waals surface area contributed by atoms with Gasteiger partial charge in [-0.15, -0.1) is 0 Å². The number of piperidine rings is 1. The molecule has 145 valence electrons. The van der Waals surface area contributed by atoms with E-state index >= 15 is 0 Å². The van der Waals surface area contributed by atoms with Crippen molar-refractivity contribution >= 4 is 5.69 Å².